The largest absolute Gasteiger partial charge is 0.507 e. The quantitative estimate of drug-likeness (QED) is 0.390. The van der Waals surface area contributed by atoms with Crippen molar-refractivity contribution in [2.45, 2.75) is 44.9 Å². The molecule has 0 bridgehead atoms. The first-order valence-electron chi connectivity index (χ1n) is 7.31. The van der Waals surface area contributed by atoms with Crippen molar-refractivity contribution in [2.75, 3.05) is 6.61 Å². The van der Waals surface area contributed by atoms with Crippen molar-refractivity contribution in [3.63, 3.8) is 0 Å². The average Bonchev–Trinajstić information content (AvgIpc) is 2.46. The normalized spacial score (nSPS) is 10.2. The molecule has 0 unspecified atom stereocenters. The number of aromatic hydroxyl groups is 1. The minimum Gasteiger partial charge on any atom is -0.507 e. The van der Waals surface area contributed by atoms with Gasteiger partial charge in [-0.2, -0.15) is 0 Å². The third kappa shape index (κ3) is 6.41. The van der Waals surface area contributed by atoms with E-state index in [9.17, 15) is 9.90 Å². The van der Waals surface area contributed by atoms with Crippen molar-refractivity contribution >= 4 is 5.97 Å². The van der Waals surface area contributed by atoms with Crippen LogP contribution in [0.4, 0.5) is 0 Å². The molecule has 0 saturated heterocycles. The maximum absolute atomic E-state index is 11.7. The third-order valence-corrected chi connectivity index (χ3v) is 3.16. The Balaban J connectivity index is 2.05. The Hall–Kier alpha value is -1.77. The summed E-state index contributed by atoms with van der Waals surface area (Å²) in [4.78, 5) is 11.7. The lowest BCUT2D eigenvalue weighted by Gasteiger charge is -2.06. The van der Waals surface area contributed by atoms with Gasteiger partial charge in [-0.25, -0.2) is 4.79 Å². The fraction of sp³-hybridized carbons (Fsp3) is 0.471. The predicted molar refractivity (Wildman–Crippen MR) is 80.9 cm³/mol. The van der Waals surface area contributed by atoms with E-state index < -0.39 is 5.97 Å². The maximum Gasteiger partial charge on any atom is 0.341 e. The summed E-state index contributed by atoms with van der Waals surface area (Å²) in [6.07, 6.45) is 9.85. The maximum atomic E-state index is 11.7. The van der Waals surface area contributed by atoms with E-state index in [1.807, 2.05) is 6.08 Å². The minimum atomic E-state index is -0.450. The van der Waals surface area contributed by atoms with Crippen LogP contribution in [0.3, 0.4) is 0 Å². The summed E-state index contributed by atoms with van der Waals surface area (Å²) in [5, 5.41) is 9.52. The summed E-state index contributed by atoms with van der Waals surface area (Å²) in [6.45, 7) is 4.12. The first-order chi connectivity index (χ1) is 9.75. The Morgan fingerprint density at radius 2 is 1.75 bits per heavy atom. The van der Waals surface area contributed by atoms with Gasteiger partial charge in [-0.05, 0) is 31.4 Å². The van der Waals surface area contributed by atoms with Crippen LogP contribution in [0, 0.1) is 0 Å². The highest BCUT2D eigenvalue weighted by molar-refractivity contribution is 5.92. The fourth-order valence-corrected chi connectivity index (χ4v) is 1.99. The molecule has 0 atom stereocenters. The Kier molecular flexibility index (Phi) is 8.20. The van der Waals surface area contributed by atoms with Crippen molar-refractivity contribution in [3.05, 3.63) is 42.5 Å². The van der Waals surface area contributed by atoms with Gasteiger partial charge in [0.2, 0.25) is 0 Å². The van der Waals surface area contributed by atoms with E-state index in [1.165, 1.54) is 31.7 Å². The molecule has 3 heteroatoms. The average molecular weight is 276 g/mol. The molecular weight excluding hydrogens is 252 g/mol. The van der Waals surface area contributed by atoms with E-state index in [2.05, 4.69) is 6.58 Å². The molecule has 0 aliphatic heterocycles. The van der Waals surface area contributed by atoms with Crippen molar-refractivity contribution < 1.29 is 14.6 Å². The van der Waals surface area contributed by atoms with Gasteiger partial charge in [0.15, 0.2) is 0 Å². The molecule has 1 N–H and O–H groups in total. The Bertz CT molecular complexity index is 412. The Morgan fingerprint density at radius 3 is 2.45 bits per heavy atom. The van der Waals surface area contributed by atoms with E-state index in [1.54, 1.807) is 18.2 Å². The summed E-state index contributed by atoms with van der Waals surface area (Å²) in [7, 11) is 0. The molecule has 3 nitrogen and oxygen atoms in total. The van der Waals surface area contributed by atoms with Gasteiger partial charge in [-0.1, -0.05) is 43.9 Å². The van der Waals surface area contributed by atoms with Gasteiger partial charge < -0.3 is 9.84 Å². The molecule has 0 aliphatic rings. The van der Waals surface area contributed by atoms with Crippen LogP contribution in [-0.2, 0) is 4.74 Å². The smallest absolute Gasteiger partial charge is 0.341 e. The molecule has 1 aromatic rings. The second kappa shape index (κ2) is 10.1. The first kappa shape index (κ1) is 16.3. The second-order valence-corrected chi connectivity index (χ2v) is 4.85. The van der Waals surface area contributed by atoms with E-state index in [0.29, 0.717) is 6.61 Å². The van der Waals surface area contributed by atoms with Crippen LogP contribution in [0.5, 0.6) is 5.75 Å². The lowest BCUT2D eigenvalue weighted by atomic mass is 10.1. The van der Waals surface area contributed by atoms with Crippen LogP contribution in [0.2, 0.25) is 0 Å². The van der Waals surface area contributed by atoms with Gasteiger partial charge in [-0.3, -0.25) is 0 Å². The van der Waals surface area contributed by atoms with E-state index >= 15 is 0 Å². The van der Waals surface area contributed by atoms with Gasteiger partial charge in [0.1, 0.15) is 11.3 Å². The Labute approximate surface area is 121 Å². The minimum absolute atomic E-state index is 0.0280. The molecule has 0 fully saturated rings. The van der Waals surface area contributed by atoms with E-state index in [0.717, 1.165) is 19.3 Å². The second-order valence-electron chi connectivity index (χ2n) is 4.85. The Morgan fingerprint density at radius 1 is 1.10 bits per heavy atom. The topological polar surface area (TPSA) is 46.5 Å². The SMILES string of the molecule is C=CCCCCCCCCOC(=O)c1ccccc1O. The molecule has 20 heavy (non-hydrogen) atoms. The summed E-state index contributed by atoms with van der Waals surface area (Å²) in [5.41, 5.74) is 0.233. The molecule has 110 valence electrons. The van der Waals surface area contributed by atoms with Gasteiger partial charge in [-0.15, -0.1) is 6.58 Å². The number of hydrogen-bond donors (Lipinski definition) is 1. The number of carbonyl (C=O) groups is 1. The molecule has 0 radical (unpaired) electrons. The zero-order valence-corrected chi connectivity index (χ0v) is 12.0. The standard InChI is InChI=1S/C17H24O3/c1-2-3-4-5-6-7-8-11-14-20-17(19)15-12-9-10-13-16(15)18/h2,9-10,12-13,18H,1,3-8,11,14H2. The zero-order chi connectivity index (χ0) is 14.6. The van der Waals surface area contributed by atoms with Gasteiger partial charge in [0, 0.05) is 0 Å². The molecule has 0 aliphatic carbocycles. The molecular formula is C17H24O3. The number of esters is 1. The number of para-hydroxylation sites is 1. The monoisotopic (exact) mass is 276 g/mol. The number of rotatable bonds is 10. The summed E-state index contributed by atoms with van der Waals surface area (Å²) in [5.74, 6) is -0.478. The highest BCUT2D eigenvalue weighted by Gasteiger charge is 2.10. The molecule has 1 aromatic carbocycles. The van der Waals surface area contributed by atoms with Crippen LogP contribution in [-0.4, -0.2) is 17.7 Å². The van der Waals surface area contributed by atoms with Crippen LogP contribution < -0.4 is 0 Å². The number of phenols is 1. The van der Waals surface area contributed by atoms with Crippen molar-refractivity contribution in [3.8, 4) is 5.75 Å². The summed E-state index contributed by atoms with van der Waals surface area (Å²) >= 11 is 0. The van der Waals surface area contributed by atoms with Crippen LogP contribution >= 0.6 is 0 Å². The van der Waals surface area contributed by atoms with Crippen molar-refractivity contribution in [1.82, 2.24) is 0 Å². The molecule has 1 rings (SSSR count). The molecule has 0 amide bonds. The lowest BCUT2D eigenvalue weighted by Crippen LogP contribution is -2.06. The van der Waals surface area contributed by atoms with Crippen molar-refractivity contribution in [2.24, 2.45) is 0 Å². The van der Waals surface area contributed by atoms with Gasteiger partial charge in [0.25, 0.3) is 0 Å². The molecule has 0 heterocycles. The first-order valence-corrected chi connectivity index (χ1v) is 7.31. The van der Waals surface area contributed by atoms with Crippen LogP contribution in [0.25, 0.3) is 0 Å². The number of allylic oxidation sites excluding steroid dienone is 1. The van der Waals surface area contributed by atoms with Crippen molar-refractivity contribution in [1.29, 1.82) is 0 Å². The highest BCUT2D eigenvalue weighted by atomic mass is 16.5. The van der Waals surface area contributed by atoms with Crippen LogP contribution in [0.1, 0.15) is 55.3 Å². The highest BCUT2D eigenvalue weighted by Crippen LogP contribution is 2.16. The van der Waals surface area contributed by atoms with Gasteiger partial charge >= 0.3 is 5.97 Å². The third-order valence-electron chi connectivity index (χ3n) is 3.16. The molecule has 0 saturated carbocycles. The number of benzene rings is 1. The fourth-order valence-electron chi connectivity index (χ4n) is 1.99. The van der Waals surface area contributed by atoms with Gasteiger partial charge in [0.05, 0.1) is 6.61 Å². The summed E-state index contributed by atoms with van der Waals surface area (Å²) in [6, 6.07) is 6.44. The molecule has 0 spiro atoms. The van der Waals surface area contributed by atoms with E-state index in [-0.39, 0.29) is 11.3 Å². The van der Waals surface area contributed by atoms with E-state index in [4.69, 9.17) is 4.74 Å². The predicted octanol–water partition coefficient (Wildman–Crippen LogP) is 4.47. The number of carbonyl (C=O) groups excluding carboxylic acids is 1. The number of phenolic OH excluding ortho intramolecular Hbond substituents is 1. The summed E-state index contributed by atoms with van der Waals surface area (Å²) < 4.78 is 5.14. The molecule has 0 aromatic heterocycles. The van der Waals surface area contributed by atoms with Crippen LogP contribution in [0.15, 0.2) is 36.9 Å². The lowest BCUT2D eigenvalue weighted by molar-refractivity contribution is 0.0494. The number of unbranched alkanes of at least 4 members (excludes halogenated alkanes) is 6. The number of hydrogen-bond acceptors (Lipinski definition) is 3. The zero-order valence-electron chi connectivity index (χ0n) is 12.0. The number of ether oxygens (including phenoxy) is 1.